The van der Waals surface area contributed by atoms with Gasteiger partial charge in [0.05, 0.1) is 0 Å². The first-order chi connectivity index (χ1) is 6.81. The lowest BCUT2D eigenvalue weighted by atomic mass is 10.1. The molecule has 0 aliphatic rings. The van der Waals surface area contributed by atoms with Gasteiger partial charge in [0.25, 0.3) is 5.35 Å². The quantitative estimate of drug-likeness (QED) is 0.753. The van der Waals surface area contributed by atoms with Crippen LogP contribution in [0.3, 0.4) is 0 Å². The predicted molar refractivity (Wildman–Crippen MR) is 56.3 cm³/mol. The molecular formula is C11H10ClNO. The molecule has 72 valence electrons. The molecule has 0 unspecified atom stereocenters. The number of halogens is 1. The summed E-state index contributed by atoms with van der Waals surface area (Å²) in [6.07, 6.45) is 0.796. The second kappa shape index (κ2) is 3.84. The Labute approximate surface area is 87.5 Å². The molecule has 3 heteroatoms. The third-order valence-corrected chi connectivity index (χ3v) is 2.20. The first-order valence-corrected chi connectivity index (χ1v) is 4.89. The van der Waals surface area contributed by atoms with E-state index in [0.717, 1.165) is 23.4 Å². The summed E-state index contributed by atoms with van der Waals surface area (Å²) >= 11 is 5.72. The van der Waals surface area contributed by atoms with Crippen LogP contribution in [-0.4, -0.2) is 4.98 Å². The summed E-state index contributed by atoms with van der Waals surface area (Å²) in [6.45, 7) is 2.02. The molecule has 0 aliphatic carbocycles. The maximum Gasteiger partial charge on any atom is 0.292 e. The lowest BCUT2D eigenvalue weighted by Crippen LogP contribution is -1.82. The van der Waals surface area contributed by atoms with Gasteiger partial charge >= 0.3 is 0 Å². The van der Waals surface area contributed by atoms with Crippen molar-refractivity contribution in [3.05, 3.63) is 41.4 Å². The van der Waals surface area contributed by atoms with E-state index in [2.05, 4.69) is 4.98 Å². The molecule has 0 fully saturated rings. The number of oxazole rings is 1. The molecule has 0 aliphatic heterocycles. The first-order valence-electron chi connectivity index (χ1n) is 4.52. The molecular weight excluding hydrogens is 198 g/mol. The summed E-state index contributed by atoms with van der Waals surface area (Å²) in [4.78, 5) is 4.15. The molecule has 0 saturated heterocycles. The topological polar surface area (TPSA) is 26.0 Å². The normalized spacial score (nSPS) is 10.4. The van der Waals surface area contributed by atoms with Gasteiger partial charge < -0.3 is 4.42 Å². The largest absolute Gasteiger partial charge is 0.432 e. The van der Waals surface area contributed by atoms with Gasteiger partial charge in [-0.1, -0.05) is 37.3 Å². The van der Waals surface area contributed by atoms with Crippen LogP contribution in [0.4, 0.5) is 0 Å². The molecule has 1 heterocycles. The van der Waals surface area contributed by atoms with Crippen LogP contribution in [0.1, 0.15) is 12.7 Å². The van der Waals surface area contributed by atoms with E-state index in [1.807, 2.05) is 37.3 Å². The number of hydrogen-bond donors (Lipinski definition) is 0. The van der Waals surface area contributed by atoms with Gasteiger partial charge in [0, 0.05) is 12.0 Å². The van der Waals surface area contributed by atoms with Gasteiger partial charge in [-0.05, 0) is 11.6 Å². The molecule has 14 heavy (non-hydrogen) atoms. The van der Waals surface area contributed by atoms with E-state index in [9.17, 15) is 0 Å². The summed E-state index contributed by atoms with van der Waals surface area (Å²) < 4.78 is 5.27. The van der Waals surface area contributed by atoms with Gasteiger partial charge in [-0.2, -0.15) is 4.98 Å². The second-order valence-electron chi connectivity index (χ2n) is 2.96. The highest BCUT2D eigenvalue weighted by molar-refractivity contribution is 6.27. The summed E-state index contributed by atoms with van der Waals surface area (Å²) in [6, 6.07) is 9.90. The molecule has 0 spiro atoms. The zero-order valence-electron chi connectivity index (χ0n) is 7.83. The van der Waals surface area contributed by atoms with Crippen molar-refractivity contribution < 1.29 is 4.42 Å². The number of hydrogen-bond acceptors (Lipinski definition) is 2. The second-order valence-corrected chi connectivity index (χ2v) is 3.28. The number of benzene rings is 1. The van der Waals surface area contributed by atoms with Crippen molar-refractivity contribution in [2.24, 2.45) is 0 Å². The summed E-state index contributed by atoms with van der Waals surface area (Å²) in [5, 5.41) is 0.209. The Bertz CT molecular complexity index is 422. The SMILES string of the molecule is CCc1oc(Cl)nc1-c1ccccc1. The fourth-order valence-corrected chi connectivity index (χ4v) is 1.56. The van der Waals surface area contributed by atoms with Crippen molar-refractivity contribution in [2.45, 2.75) is 13.3 Å². The Morgan fingerprint density at radius 1 is 1.29 bits per heavy atom. The minimum Gasteiger partial charge on any atom is -0.432 e. The number of rotatable bonds is 2. The van der Waals surface area contributed by atoms with Crippen molar-refractivity contribution in [3.8, 4) is 11.3 Å². The Hall–Kier alpha value is -1.28. The molecule has 0 bridgehead atoms. The molecule has 0 amide bonds. The Morgan fingerprint density at radius 3 is 2.64 bits per heavy atom. The monoisotopic (exact) mass is 207 g/mol. The number of aryl methyl sites for hydroxylation is 1. The van der Waals surface area contributed by atoms with Crippen LogP contribution in [0.5, 0.6) is 0 Å². The molecule has 1 aromatic heterocycles. The van der Waals surface area contributed by atoms with Crippen LogP contribution in [-0.2, 0) is 6.42 Å². The maximum absolute atomic E-state index is 5.72. The van der Waals surface area contributed by atoms with Crippen molar-refractivity contribution in [3.63, 3.8) is 0 Å². The van der Waals surface area contributed by atoms with E-state index in [0.29, 0.717) is 0 Å². The number of nitrogens with zero attached hydrogens (tertiary/aromatic N) is 1. The zero-order valence-corrected chi connectivity index (χ0v) is 8.58. The fourth-order valence-electron chi connectivity index (χ4n) is 1.38. The van der Waals surface area contributed by atoms with E-state index in [-0.39, 0.29) is 5.35 Å². The average Bonchev–Trinajstić information content (AvgIpc) is 2.61. The highest BCUT2D eigenvalue weighted by atomic mass is 35.5. The molecule has 1 aromatic carbocycles. The van der Waals surface area contributed by atoms with Gasteiger partial charge in [-0.25, -0.2) is 0 Å². The van der Waals surface area contributed by atoms with Crippen LogP contribution < -0.4 is 0 Å². The lowest BCUT2D eigenvalue weighted by Gasteiger charge is -1.96. The molecule has 2 nitrogen and oxygen atoms in total. The average molecular weight is 208 g/mol. The van der Waals surface area contributed by atoms with Gasteiger partial charge in [0.2, 0.25) is 0 Å². The van der Waals surface area contributed by atoms with E-state index in [1.165, 1.54) is 0 Å². The van der Waals surface area contributed by atoms with Crippen LogP contribution >= 0.6 is 11.6 Å². The Balaban J connectivity index is 2.51. The van der Waals surface area contributed by atoms with Crippen LogP contribution in [0, 0.1) is 0 Å². The van der Waals surface area contributed by atoms with Crippen molar-refractivity contribution in [2.75, 3.05) is 0 Å². The summed E-state index contributed by atoms with van der Waals surface area (Å²) in [5.74, 6) is 0.834. The molecule has 0 radical (unpaired) electrons. The van der Waals surface area contributed by atoms with Crippen molar-refractivity contribution >= 4 is 11.6 Å². The van der Waals surface area contributed by atoms with Gasteiger partial charge in [-0.15, -0.1) is 0 Å². The summed E-state index contributed by atoms with van der Waals surface area (Å²) in [5.41, 5.74) is 1.89. The zero-order chi connectivity index (χ0) is 9.97. The molecule has 2 rings (SSSR count). The highest BCUT2D eigenvalue weighted by Crippen LogP contribution is 2.25. The molecule has 0 N–H and O–H groups in total. The number of aromatic nitrogens is 1. The Morgan fingerprint density at radius 2 is 2.00 bits per heavy atom. The summed E-state index contributed by atoms with van der Waals surface area (Å²) in [7, 11) is 0. The minimum absolute atomic E-state index is 0.209. The van der Waals surface area contributed by atoms with Gasteiger partial charge in [-0.3, -0.25) is 0 Å². The minimum atomic E-state index is 0.209. The van der Waals surface area contributed by atoms with E-state index < -0.39 is 0 Å². The van der Waals surface area contributed by atoms with Gasteiger partial charge in [0.15, 0.2) is 0 Å². The Kier molecular flexibility index (Phi) is 2.55. The smallest absolute Gasteiger partial charge is 0.292 e. The van der Waals surface area contributed by atoms with Crippen LogP contribution in [0.2, 0.25) is 5.35 Å². The van der Waals surface area contributed by atoms with Crippen molar-refractivity contribution in [1.82, 2.24) is 4.98 Å². The predicted octanol–water partition coefficient (Wildman–Crippen LogP) is 3.56. The van der Waals surface area contributed by atoms with Crippen LogP contribution in [0.15, 0.2) is 34.7 Å². The molecule has 2 aromatic rings. The third kappa shape index (κ3) is 1.66. The van der Waals surface area contributed by atoms with E-state index in [4.69, 9.17) is 16.0 Å². The fraction of sp³-hybridized carbons (Fsp3) is 0.182. The van der Waals surface area contributed by atoms with E-state index in [1.54, 1.807) is 0 Å². The standard InChI is InChI=1S/C11H10ClNO/c1-2-9-10(13-11(12)14-9)8-6-4-3-5-7-8/h3-7H,2H2,1H3. The third-order valence-electron chi connectivity index (χ3n) is 2.04. The lowest BCUT2D eigenvalue weighted by molar-refractivity contribution is 0.513. The maximum atomic E-state index is 5.72. The van der Waals surface area contributed by atoms with Crippen LogP contribution in [0.25, 0.3) is 11.3 Å². The molecule has 0 saturated carbocycles. The van der Waals surface area contributed by atoms with Crippen molar-refractivity contribution in [1.29, 1.82) is 0 Å². The molecule has 0 atom stereocenters. The van der Waals surface area contributed by atoms with Gasteiger partial charge in [0.1, 0.15) is 11.5 Å². The van der Waals surface area contributed by atoms with E-state index >= 15 is 0 Å². The first kappa shape index (κ1) is 9.28. The highest BCUT2D eigenvalue weighted by Gasteiger charge is 2.11.